The van der Waals surface area contributed by atoms with Crippen molar-refractivity contribution in [2.75, 3.05) is 0 Å². The fraction of sp³-hybridized carbons (Fsp3) is 1.00. The number of hydrogen-bond donors (Lipinski definition) is 0. The van der Waals surface area contributed by atoms with Crippen molar-refractivity contribution in [3.8, 4) is 0 Å². The molecular formula is C27H56. The Morgan fingerprint density at radius 2 is 0.741 bits per heavy atom. The van der Waals surface area contributed by atoms with E-state index in [0.29, 0.717) is 0 Å². The predicted molar refractivity (Wildman–Crippen MR) is 127 cm³/mol. The van der Waals surface area contributed by atoms with E-state index < -0.39 is 0 Å². The molecule has 0 nitrogen and oxygen atoms in total. The first-order valence-corrected chi connectivity index (χ1v) is 13.2. The molecule has 0 radical (unpaired) electrons. The second-order valence-electron chi connectivity index (χ2n) is 9.62. The summed E-state index contributed by atoms with van der Waals surface area (Å²) in [6, 6.07) is 0. The molecule has 0 aliphatic rings. The van der Waals surface area contributed by atoms with Crippen LogP contribution in [0.3, 0.4) is 0 Å². The molecule has 0 heteroatoms. The van der Waals surface area contributed by atoms with Crippen LogP contribution in [0.5, 0.6) is 0 Å². The molecule has 0 amide bonds. The first-order chi connectivity index (χ1) is 13.2. The van der Waals surface area contributed by atoms with Gasteiger partial charge < -0.3 is 0 Å². The predicted octanol–water partition coefficient (Wildman–Crippen LogP) is 10.3. The van der Waals surface area contributed by atoms with Crippen molar-refractivity contribution in [2.24, 2.45) is 17.8 Å². The Bertz CT molecular complexity index is 269. The molecule has 0 N–H and O–H groups in total. The lowest BCUT2D eigenvalue weighted by molar-refractivity contribution is 0.348. The first kappa shape index (κ1) is 27.0. The van der Waals surface area contributed by atoms with Crippen LogP contribution in [0.15, 0.2) is 0 Å². The highest BCUT2D eigenvalue weighted by molar-refractivity contribution is 4.64. The Kier molecular flexibility index (Phi) is 20.7. The second-order valence-corrected chi connectivity index (χ2v) is 9.62. The van der Waals surface area contributed by atoms with Crippen molar-refractivity contribution in [2.45, 2.75) is 157 Å². The van der Waals surface area contributed by atoms with E-state index in [1.807, 2.05) is 0 Å². The highest BCUT2D eigenvalue weighted by Crippen LogP contribution is 2.26. The van der Waals surface area contributed by atoms with Gasteiger partial charge in [0.25, 0.3) is 0 Å². The fourth-order valence-corrected chi connectivity index (χ4v) is 4.87. The van der Waals surface area contributed by atoms with Gasteiger partial charge in [0, 0.05) is 0 Å². The van der Waals surface area contributed by atoms with Gasteiger partial charge in [-0.05, 0) is 17.8 Å². The third-order valence-electron chi connectivity index (χ3n) is 6.69. The van der Waals surface area contributed by atoms with E-state index in [2.05, 4.69) is 34.6 Å². The maximum atomic E-state index is 2.51. The molecule has 0 bridgehead atoms. The van der Waals surface area contributed by atoms with Gasteiger partial charge in [0.1, 0.15) is 0 Å². The smallest absolute Gasteiger partial charge is 0.0414 e. The summed E-state index contributed by atoms with van der Waals surface area (Å²) in [5.74, 6) is 2.99. The number of unbranched alkanes of at least 4 members (excludes halogenated alkanes) is 5. The standard InChI is InChI=1S/C27H56/c1-6-10-12-21-26(17-8-3)23-15-14-19-25(5)20-16-24-27(18-9-4)22-13-11-7-2/h25-27H,6-24H2,1-5H3. The Morgan fingerprint density at radius 3 is 1.19 bits per heavy atom. The van der Waals surface area contributed by atoms with Crippen LogP contribution in [0.25, 0.3) is 0 Å². The summed E-state index contributed by atoms with van der Waals surface area (Å²) in [5, 5.41) is 0. The van der Waals surface area contributed by atoms with Gasteiger partial charge in [0.15, 0.2) is 0 Å². The summed E-state index contributed by atoms with van der Waals surface area (Å²) in [6.45, 7) is 11.9. The molecule has 0 aromatic rings. The van der Waals surface area contributed by atoms with Crippen LogP contribution < -0.4 is 0 Å². The Morgan fingerprint density at radius 1 is 0.370 bits per heavy atom. The van der Waals surface area contributed by atoms with Crippen LogP contribution in [0.2, 0.25) is 0 Å². The van der Waals surface area contributed by atoms with Gasteiger partial charge in [-0.3, -0.25) is 0 Å². The highest BCUT2D eigenvalue weighted by atomic mass is 14.2. The van der Waals surface area contributed by atoms with Gasteiger partial charge in [0.2, 0.25) is 0 Å². The minimum atomic E-state index is 0.952. The summed E-state index contributed by atoms with van der Waals surface area (Å²) in [6.07, 6.45) is 27.6. The monoisotopic (exact) mass is 380 g/mol. The third-order valence-corrected chi connectivity index (χ3v) is 6.69. The lowest BCUT2D eigenvalue weighted by Gasteiger charge is -2.18. The van der Waals surface area contributed by atoms with E-state index in [-0.39, 0.29) is 0 Å². The Labute approximate surface area is 174 Å². The number of hydrogen-bond acceptors (Lipinski definition) is 0. The van der Waals surface area contributed by atoms with Crippen LogP contribution >= 0.6 is 0 Å². The second kappa shape index (κ2) is 20.7. The lowest BCUT2D eigenvalue weighted by Crippen LogP contribution is -2.03. The molecule has 0 saturated carbocycles. The Hall–Kier alpha value is 0. The average Bonchev–Trinajstić information content (AvgIpc) is 2.65. The molecule has 0 aromatic carbocycles. The zero-order valence-electron chi connectivity index (χ0n) is 20.2. The molecule has 164 valence electrons. The van der Waals surface area contributed by atoms with E-state index in [1.165, 1.54) is 122 Å². The summed E-state index contributed by atoms with van der Waals surface area (Å²) in [4.78, 5) is 0. The Balaban J connectivity index is 3.79. The van der Waals surface area contributed by atoms with E-state index in [4.69, 9.17) is 0 Å². The number of rotatable bonds is 21. The van der Waals surface area contributed by atoms with Crippen LogP contribution in [-0.4, -0.2) is 0 Å². The van der Waals surface area contributed by atoms with Crippen molar-refractivity contribution in [3.63, 3.8) is 0 Å². The lowest BCUT2D eigenvalue weighted by atomic mass is 9.88. The average molecular weight is 381 g/mol. The molecule has 27 heavy (non-hydrogen) atoms. The molecule has 0 aliphatic carbocycles. The molecule has 0 fully saturated rings. The van der Waals surface area contributed by atoms with Crippen LogP contribution in [0.4, 0.5) is 0 Å². The molecular weight excluding hydrogens is 324 g/mol. The van der Waals surface area contributed by atoms with Gasteiger partial charge in [0.05, 0.1) is 0 Å². The van der Waals surface area contributed by atoms with Crippen LogP contribution in [0.1, 0.15) is 157 Å². The third kappa shape index (κ3) is 17.8. The summed E-state index contributed by atoms with van der Waals surface area (Å²) in [7, 11) is 0. The summed E-state index contributed by atoms with van der Waals surface area (Å²) >= 11 is 0. The topological polar surface area (TPSA) is 0 Å². The van der Waals surface area contributed by atoms with Crippen molar-refractivity contribution >= 4 is 0 Å². The maximum absolute atomic E-state index is 2.51. The normalized spacial score (nSPS) is 15.0. The fourth-order valence-electron chi connectivity index (χ4n) is 4.87. The van der Waals surface area contributed by atoms with Crippen molar-refractivity contribution in [1.82, 2.24) is 0 Å². The summed E-state index contributed by atoms with van der Waals surface area (Å²) in [5.41, 5.74) is 0. The first-order valence-electron chi connectivity index (χ1n) is 13.2. The van der Waals surface area contributed by atoms with Crippen molar-refractivity contribution in [1.29, 1.82) is 0 Å². The molecule has 0 rings (SSSR count). The molecule has 0 spiro atoms. The summed E-state index contributed by atoms with van der Waals surface area (Å²) < 4.78 is 0. The zero-order chi connectivity index (χ0) is 20.2. The largest absolute Gasteiger partial charge is 0.0654 e. The van der Waals surface area contributed by atoms with Crippen molar-refractivity contribution < 1.29 is 0 Å². The van der Waals surface area contributed by atoms with Gasteiger partial charge in [-0.15, -0.1) is 0 Å². The van der Waals surface area contributed by atoms with Gasteiger partial charge >= 0.3 is 0 Å². The highest BCUT2D eigenvalue weighted by Gasteiger charge is 2.10. The molecule has 3 unspecified atom stereocenters. The van der Waals surface area contributed by atoms with Crippen LogP contribution in [-0.2, 0) is 0 Å². The molecule has 0 aliphatic heterocycles. The van der Waals surface area contributed by atoms with E-state index in [9.17, 15) is 0 Å². The molecule has 0 aromatic heterocycles. The van der Waals surface area contributed by atoms with Crippen LogP contribution in [0, 0.1) is 17.8 Å². The molecule has 3 atom stereocenters. The molecule has 0 heterocycles. The minimum Gasteiger partial charge on any atom is -0.0654 e. The quantitative estimate of drug-likeness (QED) is 0.174. The van der Waals surface area contributed by atoms with Gasteiger partial charge in [-0.2, -0.15) is 0 Å². The molecule has 0 saturated heterocycles. The van der Waals surface area contributed by atoms with Gasteiger partial charge in [-0.25, -0.2) is 0 Å². The SMILES string of the molecule is CCCCCC(CCC)CCCCC(C)CCCC(CCC)CCCCC. The zero-order valence-corrected chi connectivity index (χ0v) is 20.2. The van der Waals surface area contributed by atoms with E-state index in [1.54, 1.807) is 0 Å². The minimum absolute atomic E-state index is 0.952. The maximum Gasteiger partial charge on any atom is -0.0414 e. The van der Waals surface area contributed by atoms with E-state index in [0.717, 1.165) is 17.8 Å². The van der Waals surface area contributed by atoms with Gasteiger partial charge in [-0.1, -0.05) is 157 Å². The van der Waals surface area contributed by atoms with E-state index >= 15 is 0 Å². The van der Waals surface area contributed by atoms with Crippen molar-refractivity contribution in [3.05, 3.63) is 0 Å².